The SMILES string of the molecule is CCCN1C(=O)c2ccccc2[C@@H]1SCCC(=O)O. The summed E-state index contributed by atoms with van der Waals surface area (Å²) in [5.74, 6) is -0.223. The van der Waals surface area contributed by atoms with Crippen LogP contribution in [0.3, 0.4) is 0 Å². The number of carbonyl (C=O) groups is 2. The van der Waals surface area contributed by atoms with Gasteiger partial charge < -0.3 is 10.0 Å². The summed E-state index contributed by atoms with van der Waals surface area (Å²) in [6.45, 7) is 2.74. The molecule has 102 valence electrons. The van der Waals surface area contributed by atoms with Crippen molar-refractivity contribution in [3.05, 3.63) is 35.4 Å². The zero-order valence-corrected chi connectivity index (χ0v) is 11.7. The van der Waals surface area contributed by atoms with Crippen molar-refractivity contribution in [2.24, 2.45) is 0 Å². The summed E-state index contributed by atoms with van der Waals surface area (Å²) in [4.78, 5) is 24.7. The molecule has 0 saturated heterocycles. The maximum absolute atomic E-state index is 12.3. The minimum Gasteiger partial charge on any atom is -0.481 e. The maximum Gasteiger partial charge on any atom is 0.304 e. The maximum atomic E-state index is 12.3. The number of thioether (sulfide) groups is 1. The Kier molecular flexibility index (Phi) is 4.47. The molecular weight excluding hydrogens is 262 g/mol. The Morgan fingerprint density at radius 2 is 2.16 bits per heavy atom. The normalized spacial score (nSPS) is 17.6. The molecule has 5 heteroatoms. The standard InChI is InChI=1S/C14H17NO3S/c1-2-8-15-13(18)10-5-3-4-6-11(10)14(15)19-9-7-12(16)17/h3-6,14H,2,7-9H2,1H3,(H,16,17)/t14-/m0/s1. The van der Waals surface area contributed by atoms with Gasteiger partial charge in [0.15, 0.2) is 0 Å². The molecule has 0 unspecified atom stereocenters. The molecule has 0 aromatic heterocycles. The summed E-state index contributed by atoms with van der Waals surface area (Å²) in [5.41, 5.74) is 1.76. The van der Waals surface area contributed by atoms with Crippen LogP contribution < -0.4 is 0 Å². The molecule has 0 fully saturated rings. The summed E-state index contributed by atoms with van der Waals surface area (Å²) >= 11 is 1.53. The van der Waals surface area contributed by atoms with E-state index in [0.29, 0.717) is 12.3 Å². The molecule has 1 amide bonds. The lowest BCUT2D eigenvalue weighted by molar-refractivity contribution is -0.136. The molecule has 0 aliphatic carbocycles. The van der Waals surface area contributed by atoms with Crippen LogP contribution in [0.5, 0.6) is 0 Å². The first-order valence-corrected chi connectivity index (χ1v) is 7.43. The number of benzene rings is 1. The minimum atomic E-state index is -0.799. The van der Waals surface area contributed by atoms with E-state index in [1.165, 1.54) is 11.8 Å². The molecule has 0 radical (unpaired) electrons. The highest BCUT2D eigenvalue weighted by Gasteiger charge is 2.35. The van der Waals surface area contributed by atoms with Crippen LogP contribution in [0.25, 0.3) is 0 Å². The van der Waals surface area contributed by atoms with Gasteiger partial charge in [-0.3, -0.25) is 9.59 Å². The Labute approximate surface area is 116 Å². The van der Waals surface area contributed by atoms with E-state index < -0.39 is 5.97 Å². The van der Waals surface area contributed by atoms with E-state index in [2.05, 4.69) is 0 Å². The summed E-state index contributed by atoms with van der Waals surface area (Å²) in [5, 5.41) is 8.67. The van der Waals surface area contributed by atoms with Crippen molar-refractivity contribution in [3.8, 4) is 0 Å². The van der Waals surface area contributed by atoms with Crippen molar-refractivity contribution in [3.63, 3.8) is 0 Å². The second kappa shape index (κ2) is 6.10. The molecule has 0 bridgehead atoms. The van der Waals surface area contributed by atoms with Crippen molar-refractivity contribution in [2.75, 3.05) is 12.3 Å². The number of hydrogen-bond donors (Lipinski definition) is 1. The predicted molar refractivity (Wildman–Crippen MR) is 75.2 cm³/mol. The molecule has 1 atom stereocenters. The molecule has 1 aliphatic heterocycles. The zero-order valence-electron chi connectivity index (χ0n) is 10.8. The van der Waals surface area contributed by atoms with Gasteiger partial charge in [0.2, 0.25) is 0 Å². The molecule has 1 heterocycles. The van der Waals surface area contributed by atoms with Crippen molar-refractivity contribution in [1.82, 2.24) is 4.90 Å². The first-order valence-electron chi connectivity index (χ1n) is 6.38. The number of aliphatic carboxylic acids is 1. The summed E-state index contributed by atoms with van der Waals surface area (Å²) in [6.07, 6.45) is 1.02. The second-order valence-corrected chi connectivity index (χ2v) is 5.64. The van der Waals surface area contributed by atoms with Crippen LogP contribution in [0.2, 0.25) is 0 Å². The van der Waals surface area contributed by atoms with Gasteiger partial charge in [0.25, 0.3) is 5.91 Å². The predicted octanol–water partition coefficient (Wildman–Crippen LogP) is 2.76. The molecule has 1 N–H and O–H groups in total. The first-order chi connectivity index (χ1) is 9.15. The van der Waals surface area contributed by atoms with Gasteiger partial charge in [-0.1, -0.05) is 25.1 Å². The smallest absolute Gasteiger partial charge is 0.304 e. The van der Waals surface area contributed by atoms with E-state index >= 15 is 0 Å². The van der Waals surface area contributed by atoms with E-state index in [-0.39, 0.29) is 17.7 Å². The number of carbonyl (C=O) groups excluding carboxylic acids is 1. The van der Waals surface area contributed by atoms with Gasteiger partial charge in [-0.05, 0) is 18.1 Å². The second-order valence-electron chi connectivity index (χ2n) is 4.45. The van der Waals surface area contributed by atoms with E-state index in [0.717, 1.165) is 17.5 Å². The van der Waals surface area contributed by atoms with Crippen LogP contribution in [0.1, 0.15) is 41.1 Å². The fraction of sp³-hybridized carbons (Fsp3) is 0.429. The van der Waals surface area contributed by atoms with Gasteiger partial charge in [0.1, 0.15) is 5.37 Å². The molecule has 1 aromatic carbocycles. The topological polar surface area (TPSA) is 57.6 Å². The van der Waals surface area contributed by atoms with Crippen molar-refractivity contribution >= 4 is 23.6 Å². The Bertz CT molecular complexity index is 489. The lowest BCUT2D eigenvalue weighted by atomic mass is 10.1. The van der Waals surface area contributed by atoms with Crippen molar-refractivity contribution in [2.45, 2.75) is 25.1 Å². The van der Waals surface area contributed by atoms with E-state index in [1.807, 2.05) is 36.1 Å². The summed E-state index contributed by atoms with van der Waals surface area (Å²) in [7, 11) is 0. The lowest BCUT2D eigenvalue weighted by Gasteiger charge is -2.24. The molecule has 4 nitrogen and oxygen atoms in total. The molecular formula is C14H17NO3S. The van der Waals surface area contributed by atoms with E-state index in [1.54, 1.807) is 0 Å². The Morgan fingerprint density at radius 3 is 2.84 bits per heavy atom. The number of nitrogens with zero attached hydrogens (tertiary/aromatic N) is 1. The van der Waals surface area contributed by atoms with Crippen molar-refractivity contribution < 1.29 is 14.7 Å². The Morgan fingerprint density at radius 1 is 1.42 bits per heavy atom. The van der Waals surface area contributed by atoms with Crippen LogP contribution in [-0.2, 0) is 4.79 Å². The van der Waals surface area contributed by atoms with Gasteiger partial charge in [0, 0.05) is 17.9 Å². The van der Waals surface area contributed by atoms with E-state index in [9.17, 15) is 9.59 Å². The third-order valence-electron chi connectivity index (χ3n) is 3.06. The van der Waals surface area contributed by atoms with Crippen LogP contribution in [-0.4, -0.2) is 34.2 Å². The summed E-state index contributed by atoms with van der Waals surface area (Å²) < 4.78 is 0. The monoisotopic (exact) mass is 279 g/mol. The highest BCUT2D eigenvalue weighted by Crippen LogP contribution is 2.41. The fourth-order valence-corrected chi connectivity index (χ4v) is 3.52. The minimum absolute atomic E-state index is 0.0389. The average molecular weight is 279 g/mol. The number of carboxylic acids is 1. The Balaban J connectivity index is 2.17. The number of hydrogen-bond acceptors (Lipinski definition) is 3. The van der Waals surface area contributed by atoms with Gasteiger partial charge >= 0.3 is 5.97 Å². The Hall–Kier alpha value is -1.49. The number of fused-ring (bicyclic) bond motifs is 1. The largest absolute Gasteiger partial charge is 0.481 e. The third kappa shape index (κ3) is 2.92. The highest BCUT2D eigenvalue weighted by atomic mass is 32.2. The average Bonchev–Trinajstić information content (AvgIpc) is 2.65. The van der Waals surface area contributed by atoms with Gasteiger partial charge in [-0.15, -0.1) is 11.8 Å². The van der Waals surface area contributed by atoms with Crippen molar-refractivity contribution in [1.29, 1.82) is 0 Å². The van der Waals surface area contributed by atoms with Gasteiger partial charge in [-0.2, -0.15) is 0 Å². The van der Waals surface area contributed by atoms with Crippen LogP contribution >= 0.6 is 11.8 Å². The molecule has 1 aliphatic rings. The molecule has 2 rings (SSSR count). The number of amides is 1. The summed E-state index contributed by atoms with van der Waals surface area (Å²) in [6, 6.07) is 7.59. The zero-order chi connectivity index (χ0) is 13.8. The molecule has 19 heavy (non-hydrogen) atoms. The molecule has 0 spiro atoms. The van der Waals surface area contributed by atoms with Gasteiger partial charge in [-0.25, -0.2) is 0 Å². The molecule has 0 saturated carbocycles. The fourth-order valence-electron chi connectivity index (χ4n) is 2.23. The first kappa shape index (κ1) is 13.9. The van der Waals surface area contributed by atoms with Crippen LogP contribution in [0.15, 0.2) is 24.3 Å². The van der Waals surface area contributed by atoms with Crippen LogP contribution in [0.4, 0.5) is 0 Å². The highest BCUT2D eigenvalue weighted by molar-refractivity contribution is 7.99. The quantitative estimate of drug-likeness (QED) is 0.870. The van der Waals surface area contributed by atoms with Gasteiger partial charge in [0.05, 0.1) is 6.42 Å². The van der Waals surface area contributed by atoms with Crippen LogP contribution in [0, 0.1) is 0 Å². The number of carboxylic acid groups (broad SMARTS) is 1. The third-order valence-corrected chi connectivity index (χ3v) is 4.32. The number of rotatable bonds is 6. The molecule has 1 aromatic rings. The van der Waals surface area contributed by atoms with E-state index in [4.69, 9.17) is 5.11 Å². The lowest BCUT2D eigenvalue weighted by Crippen LogP contribution is -2.27.